The van der Waals surface area contributed by atoms with Crippen LogP contribution >= 0.6 is 0 Å². The van der Waals surface area contributed by atoms with Crippen LogP contribution in [0.5, 0.6) is 0 Å². The van der Waals surface area contributed by atoms with Crippen LogP contribution in [0.4, 0.5) is 0 Å². The van der Waals surface area contributed by atoms with Crippen LogP contribution in [0.2, 0.25) is 0 Å². The maximum atomic E-state index is 5.48. The number of unbranched alkanes of at least 4 members (excludes halogenated alkanes) is 1. The fraction of sp³-hybridized carbons (Fsp3) is 1.00. The van der Waals surface area contributed by atoms with Gasteiger partial charge in [-0.1, -0.05) is 54.9 Å². The Morgan fingerprint density at radius 2 is 1.10 bits per heavy atom. The first-order valence-electron chi connectivity index (χ1n) is 7.59. The molecule has 0 saturated carbocycles. The van der Waals surface area contributed by atoms with Crippen LogP contribution in [0.1, 0.15) is 74.7 Å². The van der Waals surface area contributed by atoms with Crippen molar-refractivity contribution in [1.82, 2.24) is 0 Å². The number of hydrogen-bond acceptors (Lipinski definition) is 4. The molecule has 0 radical (unpaired) electrons. The van der Waals surface area contributed by atoms with Gasteiger partial charge in [-0.15, -0.1) is 0 Å². The summed E-state index contributed by atoms with van der Waals surface area (Å²) in [6.07, 6.45) is 2.80. The van der Waals surface area contributed by atoms with Gasteiger partial charge in [-0.2, -0.15) is 9.78 Å². The fourth-order valence-electron chi connectivity index (χ4n) is 1.26. The second-order valence-corrected chi connectivity index (χ2v) is 8.05. The lowest BCUT2D eigenvalue weighted by Crippen LogP contribution is -2.35. The standard InChI is InChI=1S/C16H34O4/c1-9-10-11-16(8,19-17-12-14(2,3)4)20-18-13-15(5,6)7/h9-13H2,1-8H3. The van der Waals surface area contributed by atoms with E-state index >= 15 is 0 Å². The normalized spacial score (nSPS) is 13.8. The van der Waals surface area contributed by atoms with Gasteiger partial charge in [0.25, 0.3) is 0 Å². The Bertz CT molecular complexity index is 230. The van der Waals surface area contributed by atoms with E-state index in [-0.39, 0.29) is 10.8 Å². The van der Waals surface area contributed by atoms with E-state index in [0.717, 1.165) is 19.3 Å². The van der Waals surface area contributed by atoms with Crippen LogP contribution in [-0.2, 0) is 19.6 Å². The van der Waals surface area contributed by atoms with Crippen LogP contribution < -0.4 is 0 Å². The molecule has 0 spiro atoms. The van der Waals surface area contributed by atoms with E-state index in [1.54, 1.807) is 0 Å². The molecular weight excluding hydrogens is 256 g/mol. The smallest absolute Gasteiger partial charge is 0.231 e. The molecule has 0 atom stereocenters. The van der Waals surface area contributed by atoms with Gasteiger partial charge >= 0.3 is 0 Å². The third kappa shape index (κ3) is 11.6. The summed E-state index contributed by atoms with van der Waals surface area (Å²) in [4.78, 5) is 21.6. The molecule has 0 rings (SSSR count). The molecule has 0 aromatic heterocycles. The molecule has 4 heteroatoms. The molecule has 20 heavy (non-hydrogen) atoms. The zero-order valence-corrected chi connectivity index (χ0v) is 14.7. The monoisotopic (exact) mass is 290 g/mol. The van der Waals surface area contributed by atoms with Gasteiger partial charge in [-0.05, 0) is 24.2 Å². The summed E-state index contributed by atoms with van der Waals surface area (Å²) in [5.41, 5.74) is 0.107. The van der Waals surface area contributed by atoms with Crippen molar-refractivity contribution in [2.24, 2.45) is 10.8 Å². The zero-order chi connectivity index (χ0) is 15.9. The number of hydrogen-bond donors (Lipinski definition) is 0. The summed E-state index contributed by atoms with van der Waals surface area (Å²) in [5, 5.41) is 0. The van der Waals surface area contributed by atoms with E-state index in [1.165, 1.54) is 0 Å². The summed E-state index contributed by atoms with van der Waals surface area (Å²) in [7, 11) is 0. The highest BCUT2D eigenvalue weighted by Crippen LogP contribution is 2.24. The minimum atomic E-state index is -0.855. The Morgan fingerprint density at radius 3 is 1.40 bits per heavy atom. The summed E-state index contributed by atoms with van der Waals surface area (Å²) < 4.78 is 0. The van der Waals surface area contributed by atoms with Crippen molar-refractivity contribution in [2.45, 2.75) is 80.4 Å². The number of rotatable bonds is 9. The molecule has 0 fully saturated rings. The van der Waals surface area contributed by atoms with E-state index in [4.69, 9.17) is 19.6 Å². The summed E-state index contributed by atoms with van der Waals surface area (Å²) in [5.74, 6) is -0.855. The van der Waals surface area contributed by atoms with E-state index < -0.39 is 5.79 Å². The van der Waals surface area contributed by atoms with Crippen LogP contribution in [0.25, 0.3) is 0 Å². The summed E-state index contributed by atoms with van der Waals surface area (Å²) in [6, 6.07) is 0. The van der Waals surface area contributed by atoms with Crippen molar-refractivity contribution >= 4 is 0 Å². The summed E-state index contributed by atoms with van der Waals surface area (Å²) in [6.45, 7) is 17.6. The lowest BCUT2D eigenvalue weighted by molar-refractivity contribution is -0.513. The Labute approximate surface area is 125 Å². The van der Waals surface area contributed by atoms with E-state index in [1.807, 2.05) is 6.92 Å². The Morgan fingerprint density at radius 1 is 0.700 bits per heavy atom. The third-order valence-corrected chi connectivity index (χ3v) is 2.44. The topological polar surface area (TPSA) is 36.9 Å². The van der Waals surface area contributed by atoms with Gasteiger partial charge in [0.05, 0.1) is 13.2 Å². The molecule has 0 amide bonds. The van der Waals surface area contributed by atoms with Gasteiger partial charge in [0, 0.05) is 6.42 Å². The van der Waals surface area contributed by atoms with E-state index in [9.17, 15) is 0 Å². The average Bonchev–Trinajstić information content (AvgIpc) is 2.23. The first-order valence-corrected chi connectivity index (χ1v) is 7.59. The van der Waals surface area contributed by atoms with Crippen molar-refractivity contribution < 1.29 is 19.6 Å². The van der Waals surface area contributed by atoms with Gasteiger partial charge in [0.2, 0.25) is 5.79 Å². The highest BCUT2D eigenvalue weighted by molar-refractivity contribution is 4.62. The largest absolute Gasteiger partial charge is 0.233 e. The van der Waals surface area contributed by atoms with Crippen molar-refractivity contribution in [2.75, 3.05) is 13.2 Å². The maximum Gasteiger partial charge on any atom is 0.231 e. The molecule has 0 bridgehead atoms. The Kier molecular flexibility index (Phi) is 8.26. The molecule has 0 aliphatic heterocycles. The highest BCUT2D eigenvalue weighted by atomic mass is 17.3. The van der Waals surface area contributed by atoms with Gasteiger partial charge in [-0.3, -0.25) is 0 Å². The molecule has 0 aromatic rings. The molecule has 0 aliphatic rings. The average molecular weight is 290 g/mol. The first kappa shape index (κ1) is 19.8. The molecule has 122 valence electrons. The Balaban J connectivity index is 4.27. The second-order valence-electron chi connectivity index (χ2n) is 8.05. The molecule has 0 saturated heterocycles. The Hall–Kier alpha value is -0.160. The minimum absolute atomic E-state index is 0.0535. The fourth-order valence-corrected chi connectivity index (χ4v) is 1.26. The lowest BCUT2D eigenvalue weighted by atomic mass is 9.99. The molecule has 0 aliphatic carbocycles. The minimum Gasteiger partial charge on any atom is -0.233 e. The van der Waals surface area contributed by atoms with Gasteiger partial charge < -0.3 is 0 Å². The SMILES string of the molecule is CCCCC(C)(OOCC(C)(C)C)OOCC(C)(C)C. The van der Waals surface area contributed by atoms with Crippen LogP contribution in [0, 0.1) is 10.8 Å². The zero-order valence-electron chi connectivity index (χ0n) is 14.7. The third-order valence-electron chi connectivity index (χ3n) is 2.44. The first-order chi connectivity index (χ1) is 8.97. The predicted octanol–water partition coefficient (Wildman–Crippen LogP) is 4.88. The van der Waals surface area contributed by atoms with Crippen LogP contribution in [0.3, 0.4) is 0 Å². The molecule has 0 unspecified atom stereocenters. The predicted molar refractivity (Wildman–Crippen MR) is 80.9 cm³/mol. The van der Waals surface area contributed by atoms with Gasteiger partial charge in [0.15, 0.2) is 0 Å². The quantitative estimate of drug-likeness (QED) is 0.344. The highest BCUT2D eigenvalue weighted by Gasteiger charge is 2.30. The van der Waals surface area contributed by atoms with Crippen LogP contribution in [-0.4, -0.2) is 19.0 Å². The lowest BCUT2D eigenvalue weighted by Gasteiger charge is -2.29. The maximum absolute atomic E-state index is 5.48. The second kappa shape index (κ2) is 8.32. The molecule has 4 nitrogen and oxygen atoms in total. The summed E-state index contributed by atoms with van der Waals surface area (Å²) >= 11 is 0. The van der Waals surface area contributed by atoms with E-state index in [2.05, 4.69) is 48.5 Å². The van der Waals surface area contributed by atoms with Crippen molar-refractivity contribution in [3.63, 3.8) is 0 Å². The van der Waals surface area contributed by atoms with Gasteiger partial charge in [0.1, 0.15) is 0 Å². The van der Waals surface area contributed by atoms with E-state index in [0.29, 0.717) is 13.2 Å². The molecule has 0 N–H and O–H groups in total. The van der Waals surface area contributed by atoms with Crippen molar-refractivity contribution in [1.29, 1.82) is 0 Å². The van der Waals surface area contributed by atoms with Crippen molar-refractivity contribution in [3.05, 3.63) is 0 Å². The van der Waals surface area contributed by atoms with Crippen LogP contribution in [0.15, 0.2) is 0 Å². The molecule has 0 aromatic carbocycles. The van der Waals surface area contributed by atoms with Gasteiger partial charge in [-0.25, -0.2) is 9.78 Å². The molecule has 0 heterocycles. The van der Waals surface area contributed by atoms with Crippen molar-refractivity contribution in [3.8, 4) is 0 Å². The molecular formula is C16H34O4.